The van der Waals surface area contributed by atoms with Crippen LogP contribution in [0.3, 0.4) is 0 Å². The van der Waals surface area contributed by atoms with Crippen LogP contribution >= 0.6 is 0 Å². The summed E-state index contributed by atoms with van der Waals surface area (Å²) in [7, 11) is 0. The second-order valence-corrected chi connectivity index (χ2v) is 7.51. The number of nitrogens with zero attached hydrogens (tertiary/aromatic N) is 3. The normalized spacial score (nSPS) is 22.0. The zero-order valence-corrected chi connectivity index (χ0v) is 16.7. The van der Waals surface area contributed by atoms with Crippen LogP contribution in [0.5, 0.6) is 0 Å². The molecule has 2 aliphatic rings. The molecule has 32 heavy (non-hydrogen) atoms. The van der Waals surface area contributed by atoms with Crippen LogP contribution in [0, 0.1) is 17.2 Å². The Morgan fingerprint density at radius 2 is 1.84 bits per heavy atom. The van der Waals surface area contributed by atoms with Crippen LogP contribution in [0.2, 0.25) is 0 Å². The van der Waals surface area contributed by atoms with Gasteiger partial charge in [-0.3, -0.25) is 4.79 Å². The summed E-state index contributed by atoms with van der Waals surface area (Å²) < 4.78 is 50.5. The van der Waals surface area contributed by atoms with Gasteiger partial charge in [0.25, 0.3) is 5.91 Å². The molecule has 2 atom stereocenters. The molecule has 8 nitrogen and oxygen atoms in total. The minimum Gasteiger partial charge on any atom is -0.475 e. The zero-order valence-electron chi connectivity index (χ0n) is 16.7. The largest absolute Gasteiger partial charge is 0.490 e. The standard InChI is InChI=1S/C18H19FN4O2.C2HF3O2/c19-15-6-20-17(21-7-15)23-8-14-9-25-12-18(14,11-23)10-22-16(24)13-4-2-1-3-5-13;3-2(4,5)1(6)7/h1-7,14H,8-12H2,(H,22,24);(H,6,7)/t14-,18+;/m1./s1. The molecule has 4 rings (SSSR count). The van der Waals surface area contributed by atoms with E-state index in [9.17, 15) is 22.4 Å². The highest BCUT2D eigenvalue weighted by Crippen LogP contribution is 2.41. The van der Waals surface area contributed by atoms with E-state index in [1.807, 2.05) is 23.1 Å². The molecule has 3 heterocycles. The van der Waals surface area contributed by atoms with Crippen molar-refractivity contribution in [2.24, 2.45) is 11.3 Å². The Morgan fingerprint density at radius 1 is 1.22 bits per heavy atom. The van der Waals surface area contributed by atoms with Crippen molar-refractivity contribution in [2.45, 2.75) is 6.18 Å². The molecule has 0 bridgehead atoms. The molecule has 0 unspecified atom stereocenters. The minimum absolute atomic E-state index is 0.0860. The summed E-state index contributed by atoms with van der Waals surface area (Å²) in [5.74, 6) is -2.48. The summed E-state index contributed by atoms with van der Waals surface area (Å²) in [5, 5.41) is 10.2. The van der Waals surface area contributed by atoms with E-state index in [1.165, 1.54) is 12.4 Å². The predicted octanol–water partition coefficient (Wildman–Crippen LogP) is 2.13. The number of aromatic nitrogens is 2. The molecule has 0 saturated carbocycles. The van der Waals surface area contributed by atoms with Gasteiger partial charge in [0.05, 0.1) is 25.6 Å². The molecule has 12 heteroatoms. The average Bonchev–Trinajstić information content (AvgIpc) is 3.30. The number of hydrogen-bond donors (Lipinski definition) is 2. The van der Waals surface area contributed by atoms with E-state index < -0.39 is 18.0 Å². The highest BCUT2D eigenvalue weighted by Gasteiger charge is 2.51. The Morgan fingerprint density at radius 3 is 2.44 bits per heavy atom. The molecule has 1 amide bonds. The van der Waals surface area contributed by atoms with Gasteiger partial charge >= 0.3 is 12.1 Å². The smallest absolute Gasteiger partial charge is 0.475 e. The number of aliphatic carboxylic acids is 1. The van der Waals surface area contributed by atoms with Crippen molar-refractivity contribution in [2.75, 3.05) is 37.7 Å². The fourth-order valence-corrected chi connectivity index (χ4v) is 3.65. The molecule has 2 saturated heterocycles. The number of fused-ring (bicyclic) bond motifs is 1. The third-order valence-corrected chi connectivity index (χ3v) is 5.29. The lowest BCUT2D eigenvalue weighted by Crippen LogP contribution is -2.43. The molecule has 2 N–H and O–H groups in total. The number of carboxylic acids is 1. The number of carbonyl (C=O) groups excluding carboxylic acids is 1. The summed E-state index contributed by atoms with van der Waals surface area (Å²) in [6.07, 6.45) is -2.73. The van der Waals surface area contributed by atoms with Crippen LogP contribution in [0.15, 0.2) is 42.7 Å². The summed E-state index contributed by atoms with van der Waals surface area (Å²) in [6.45, 7) is 3.19. The van der Waals surface area contributed by atoms with Crippen molar-refractivity contribution < 1.29 is 37.0 Å². The third kappa shape index (κ3) is 5.49. The van der Waals surface area contributed by atoms with Gasteiger partial charge < -0.3 is 20.1 Å². The van der Waals surface area contributed by atoms with Crippen molar-refractivity contribution in [1.82, 2.24) is 15.3 Å². The second-order valence-electron chi connectivity index (χ2n) is 7.51. The summed E-state index contributed by atoms with van der Waals surface area (Å²) >= 11 is 0. The first-order chi connectivity index (χ1) is 15.1. The second kappa shape index (κ2) is 9.47. The Kier molecular flexibility index (Phi) is 6.92. The number of hydrogen-bond acceptors (Lipinski definition) is 6. The molecule has 0 radical (unpaired) electrons. The van der Waals surface area contributed by atoms with Gasteiger partial charge in [-0.2, -0.15) is 13.2 Å². The lowest BCUT2D eigenvalue weighted by Gasteiger charge is -2.27. The molecule has 0 spiro atoms. The van der Waals surface area contributed by atoms with E-state index in [4.69, 9.17) is 14.6 Å². The summed E-state index contributed by atoms with van der Waals surface area (Å²) in [4.78, 5) is 31.4. The number of ether oxygens (including phenoxy) is 1. The molecular weight excluding hydrogens is 436 g/mol. The molecule has 2 fully saturated rings. The van der Waals surface area contributed by atoms with Crippen LogP contribution in [-0.2, 0) is 9.53 Å². The maximum atomic E-state index is 13.0. The van der Waals surface area contributed by atoms with Gasteiger partial charge in [0.2, 0.25) is 5.95 Å². The molecule has 2 aromatic rings. The van der Waals surface area contributed by atoms with Gasteiger partial charge in [0, 0.05) is 36.5 Å². The number of rotatable bonds is 4. The van der Waals surface area contributed by atoms with Crippen LogP contribution in [0.4, 0.5) is 23.5 Å². The first-order valence-electron chi connectivity index (χ1n) is 9.54. The molecule has 1 aromatic carbocycles. The van der Waals surface area contributed by atoms with Gasteiger partial charge in [-0.25, -0.2) is 19.2 Å². The van der Waals surface area contributed by atoms with Gasteiger partial charge in [0.15, 0.2) is 5.82 Å². The van der Waals surface area contributed by atoms with E-state index in [0.717, 1.165) is 6.54 Å². The van der Waals surface area contributed by atoms with Crippen molar-refractivity contribution in [1.29, 1.82) is 0 Å². The Balaban J connectivity index is 0.000000360. The predicted molar refractivity (Wildman–Crippen MR) is 103 cm³/mol. The number of carboxylic acid groups (broad SMARTS) is 1. The van der Waals surface area contributed by atoms with E-state index >= 15 is 0 Å². The first kappa shape index (κ1) is 23.4. The lowest BCUT2D eigenvalue weighted by atomic mass is 9.81. The number of benzene rings is 1. The fourth-order valence-electron chi connectivity index (χ4n) is 3.65. The Bertz CT molecular complexity index is 943. The van der Waals surface area contributed by atoms with Crippen molar-refractivity contribution >= 4 is 17.8 Å². The van der Waals surface area contributed by atoms with Crippen LogP contribution in [0.25, 0.3) is 0 Å². The van der Waals surface area contributed by atoms with E-state index in [-0.39, 0.29) is 17.2 Å². The van der Waals surface area contributed by atoms with Crippen molar-refractivity contribution in [3.8, 4) is 0 Å². The molecule has 172 valence electrons. The maximum Gasteiger partial charge on any atom is 0.490 e. The lowest BCUT2D eigenvalue weighted by molar-refractivity contribution is -0.192. The number of amides is 1. The van der Waals surface area contributed by atoms with Crippen LogP contribution in [0.1, 0.15) is 10.4 Å². The number of anilines is 1. The molecule has 1 aromatic heterocycles. The number of alkyl halides is 3. The van der Waals surface area contributed by atoms with Crippen molar-refractivity contribution in [3.05, 3.63) is 54.1 Å². The molecular formula is C20H20F4N4O4. The van der Waals surface area contributed by atoms with Gasteiger partial charge in [-0.1, -0.05) is 18.2 Å². The Hall–Kier alpha value is -3.28. The van der Waals surface area contributed by atoms with Crippen LogP contribution < -0.4 is 10.2 Å². The van der Waals surface area contributed by atoms with Crippen molar-refractivity contribution in [3.63, 3.8) is 0 Å². The SMILES string of the molecule is O=C(NC[C@]12COC[C@H]1CN(c1ncc(F)cn1)C2)c1ccccc1.O=C(O)C(F)(F)F. The molecule has 0 aliphatic carbocycles. The topological polar surface area (TPSA) is 105 Å². The van der Waals surface area contributed by atoms with Gasteiger partial charge in [-0.05, 0) is 12.1 Å². The number of carbonyl (C=O) groups is 2. The van der Waals surface area contributed by atoms with E-state index in [2.05, 4.69) is 15.3 Å². The number of nitrogens with one attached hydrogen (secondary N) is 1. The summed E-state index contributed by atoms with van der Waals surface area (Å²) in [6, 6.07) is 9.16. The molecule has 2 aliphatic heterocycles. The van der Waals surface area contributed by atoms with E-state index in [0.29, 0.717) is 37.8 Å². The fraction of sp³-hybridized carbons (Fsp3) is 0.400. The van der Waals surface area contributed by atoms with Gasteiger partial charge in [-0.15, -0.1) is 0 Å². The highest BCUT2D eigenvalue weighted by molar-refractivity contribution is 5.94. The zero-order chi connectivity index (χ0) is 23.4. The first-order valence-corrected chi connectivity index (χ1v) is 9.54. The van der Waals surface area contributed by atoms with Crippen LogP contribution in [-0.4, -0.2) is 66.0 Å². The summed E-state index contributed by atoms with van der Waals surface area (Å²) in [5.41, 5.74) is 0.480. The highest BCUT2D eigenvalue weighted by atomic mass is 19.4. The van der Waals surface area contributed by atoms with E-state index in [1.54, 1.807) is 12.1 Å². The number of halogens is 4. The third-order valence-electron chi connectivity index (χ3n) is 5.29. The Labute approximate surface area is 180 Å². The monoisotopic (exact) mass is 456 g/mol. The quantitative estimate of drug-likeness (QED) is 0.680. The van der Waals surface area contributed by atoms with Gasteiger partial charge in [0.1, 0.15) is 0 Å². The maximum absolute atomic E-state index is 13.0. The average molecular weight is 456 g/mol. The minimum atomic E-state index is -5.08.